The van der Waals surface area contributed by atoms with Crippen LogP contribution in [0.2, 0.25) is 0 Å². The Hall–Kier alpha value is -1.54. The molecule has 1 N–H and O–H groups in total. The third-order valence-corrected chi connectivity index (χ3v) is 3.76. The van der Waals surface area contributed by atoms with E-state index in [-0.39, 0.29) is 11.6 Å². The van der Waals surface area contributed by atoms with E-state index in [1.807, 2.05) is 13.8 Å². The van der Waals surface area contributed by atoms with Gasteiger partial charge in [-0.2, -0.15) is 4.37 Å². The Bertz CT molecular complexity index is 557. The van der Waals surface area contributed by atoms with E-state index < -0.39 is 5.97 Å². The van der Waals surface area contributed by atoms with Crippen molar-refractivity contribution in [3.8, 4) is 0 Å². The van der Waals surface area contributed by atoms with E-state index in [0.717, 1.165) is 0 Å². The molecule has 0 aliphatic carbocycles. The minimum Gasteiger partial charge on any atom is -0.476 e. The molecule has 2 heterocycles. The molecule has 0 aliphatic heterocycles. The lowest BCUT2D eigenvalue weighted by Gasteiger charge is -2.07. The molecule has 0 saturated carbocycles. The van der Waals surface area contributed by atoms with Crippen LogP contribution in [0.25, 0.3) is 0 Å². The van der Waals surface area contributed by atoms with Gasteiger partial charge in [0.25, 0.3) is 0 Å². The van der Waals surface area contributed by atoms with Gasteiger partial charge >= 0.3 is 5.97 Å². The summed E-state index contributed by atoms with van der Waals surface area (Å²) in [5.74, 6) is -0.455. The first-order valence-corrected chi connectivity index (χ1v) is 6.71. The molecular formula is C10H10N4O2S2. The van der Waals surface area contributed by atoms with Crippen molar-refractivity contribution in [1.82, 2.24) is 19.3 Å². The molecule has 0 saturated heterocycles. The third-order valence-electron chi connectivity index (χ3n) is 2.03. The minimum atomic E-state index is -1.06. The Kier molecular flexibility index (Phi) is 3.87. The van der Waals surface area contributed by atoms with Crippen LogP contribution in [0.4, 0.5) is 0 Å². The highest BCUT2D eigenvalue weighted by Gasteiger charge is 2.17. The van der Waals surface area contributed by atoms with Crippen molar-refractivity contribution in [2.75, 3.05) is 0 Å². The van der Waals surface area contributed by atoms with Crippen LogP contribution in [0, 0.1) is 0 Å². The van der Waals surface area contributed by atoms with Gasteiger partial charge in [0.15, 0.2) is 10.0 Å². The van der Waals surface area contributed by atoms with E-state index >= 15 is 0 Å². The summed E-state index contributed by atoms with van der Waals surface area (Å²) in [5.41, 5.74) is 0.00824. The number of aromatic carboxylic acids is 1. The molecule has 2 aromatic heterocycles. The Balaban J connectivity index is 2.37. The van der Waals surface area contributed by atoms with Crippen LogP contribution in [-0.2, 0) is 0 Å². The first-order valence-electron chi connectivity index (χ1n) is 5.12. The lowest BCUT2D eigenvalue weighted by atomic mass is 10.2. The van der Waals surface area contributed by atoms with Gasteiger partial charge in [0.2, 0.25) is 0 Å². The van der Waals surface area contributed by atoms with Crippen LogP contribution in [0.3, 0.4) is 0 Å². The van der Waals surface area contributed by atoms with Crippen LogP contribution in [0.1, 0.15) is 36.1 Å². The van der Waals surface area contributed by atoms with Gasteiger partial charge in [0, 0.05) is 12.1 Å². The van der Waals surface area contributed by atoms with Crippen molar-refractivity contribution in [1.29, 1.82) is 0 Å². The van der Waals surface area contributed by atoms with Gasteiger partial charge in [-0.1, -0.05) is 25.6 Å². The summed E-state index contributed by atoms with van der Waals surface area (Å²) in [6.45, 7) is 3.83. The zero-order valence-corrected chi connectivity index (χ0v) is 11.3. The average Bonchev–Trinajstić information content (AvgIpc) is 2.81. The van der Waals surface area contributed by atoms with Crippen molar-refractivity contribution in [2.45, 2.75) is 29.0 Å². The zero-order chi connectivity index (χ0) is 13.1. The minimum absolute atomic E-state index is 0.00824. The van der Waals surface area contributed by atoms with E-state index in [1.165, 1.54) is 35.8 Å². The van der Waals surface area contributed by atoms with Gasteiger partial charge in [0.1, 0.15) is 12.2 Å². The van der Waals surface area contributed by atoms with E-state index in [2.05, 4.69) is 19.3 Å². The summed E-state index contributed by atoms with van der Waals surface area (Å²) in [5, 5.41) is 9.16. The Labute approximate surface area is 112 Å². The molecule has 0 atom stereocenters. The first-order chi connectivity index (χ1) is 8.58. The largest absolute Gasteiger partial charge is 0.476 e. The molecule has 0 aromatic carbocycles. The fourth-order valence-electron chi connectivity index (χ4n) is 1.19. The quantitative estimate of drug-likeness (QED) is 0.920. The Morgan fingerprint density at radius 3 is 2.78 bits per heavy atom. The lowest BCUT2D eigenvalue weighted by Crippen LogP contribution is -2.08. The number of hydrogen-bond donors (Lipinski definition) is 1. The number of nitrogens with zero attached hydrogens (tertiary/aromatic N) is 4. The van der Waals surface area contributed by atoms with Crippen LogP contribution in [0.15, 0.2) is 21.8 Å². The van der Waals surface area contributed by atoms with Crippen LogP contribution >= 0.6 is 23.3 Å². The molecule has 0 aliphatic rings. The van der Waals surface area contributed by atoms with Crippen molar-refractivity contribution < 1.29 is 9.90 Å². The van der Waals surface area contributed by atoms with Crippen molar-refractivity contribution in [3.05, 3.63) is 24.0 Å². The first kappa shape index (κ1) is 12.9. The highest BCUT2D eigenvalue weighted by atomic mass is 32.2. The summed E-state index contributed by atoms with van der Waals surface area (Å²) in [7, 11) is 0. The predicted molar refractivity (Wildman–Crippen MR) is 67.1 cm³/mol. The highest BCUT2D eigenvalue weighted by Crippen LogP contribution is 2.30. The average molecular weight is 282 g/mol. The molecule has 18 heavy (non-hydrogen) atoms. The molecule has 8 heteroatoms. The number of hydrogen-bond acceptors (Lipinski definition) is 7. The Morgan fingerprint density at radius 2 is 2.22 bits per heavy atom. The molecule has 0 unspecified atom stereocenters. The smallest absolute Gasteiger partial charge is 0.355 e. The molecule has 6 nitrogen and oxygen atoms in total. The molecule has 94 valence electrons. The fraction of sp³-hybridized carbons (Fsp3) is 0.300. The van der Waals surface area contributed by atoms with E-state index in [9.17, 15) is 4.79 Å². The van der Waals surface area contributed by atoms with E-state index in [1.54, 1.807) is 0 Å². The number of carboxylic acids is 1. The maximum Gasteiger partial charge on any atom is 0.355 e. The summed E-state index contributed by atoms with van der Waals surface area (Å²) in [4.78, 5) is 23.9. The van der Waals surface area contributed by atoms with Crippen LogP contribution < -0.4 is 0 Å². The van der Waals surface area contributed by atoms with E-state index in [4.69, 9.17) is 5.11 Å². The van der Waals surface area contributed by atoms with Crippen molar-refractivity contribution in [2.24, 2.45) is 0 Å². The molecule has 0 bridgehead atoms. The van der Waals surface area contributed by atoms with Gasteiger partial charge < -0.3 is 5.11 Å². The fourth-order valence-corrected chi connectivity index (χ4v) is 2.64. The number of carbonyl (C=O) groups is 1. The van der Waals surface area contributed by atoms with Crippen LogP contribution in [0.5, 0.6) is 0 Å². The van der Waals surface area contributed by atoms with Crippen molar-refractivity contribution >= 4 is 29.3 Å². The zero-order valence-electron chi connectivity index (χ0n) is 9.69. The molecule has 0 radical (unpaired) electrons. The second-order valence-corrected chi connectivity index (χ2v) is 5.78. The topological polar surface area (TPSA) is 88.9 Å². The van der Waals surface area contributed by atoms with Crippen molar-refractivity contribution in [3.63, 3.8) is 0 Å². The maximum absolute atomic E-state index is 11.2. The molecule has 2 aromatic rings. The summed E-state index contributed by atoms with van der Waals surface area (Å²) in [6.07, 6.45) is 2.95. The lowest BCUT2D eigenvalue weighted by molar-refractivity contribution is 0.0685. The second kappa shape index (κ2) is 5.40. The second-order valence-electron chi connectivity index (χ2n) is 3.71. The molecule has 0 amide bonds. The summed E-state index contributed by atoms with van der Waals surface area (Å²) >= 11 is 2.41. The SMILES string of the molecule is CC(C)c1ncc(Sc2ncns2)c(C(=O)O)n1. The van der Waals surface area contributed by atoms with Gasteiger partial charge in [-0.25, -0.2) is 19.7 Å². The molecule has 0 fully saturated rings. The van der Waals surface area contributed by atoms with Crippen LogP contribution in [-0.4, -0.2) is 30.4 Å². The van der Waals surface area contributed by atoms with Gasteiger partial charge in [-0.3, -0.25) is 0 Å². The Morgan fingerprint density at radius 1 is 1.44 bits per heavy atom. The number of carboxylic acid groups (broad SMARTS) is 1. The number of aromatic nitrogens is 4. The van der Waals surface area contributed by atoms with E-state index in [0.29, 0.717) is 15.1 Å². The highest BCUT2D eigenvalue weighted by molar-refractivity contribution is 8.01. The molecule has 0 spiro atoms. The van der Waals surface area contributed by atoms with Gasteiger partial charge in [0.05, 0.1) is 4.90 Å². The molecular weight excluding hydrogens is 272 g/mol. The normalized spacial score (nSPS) is 10.8. The third kappa shape index (κ3) is 2.82. The van der Waals surface area contributed by atoms with Gasteiger partial charge in [-0.05, 0) is 11.5 Å². The number of rotatable bonds is 4. The standard InChI is InChI=1S/C10H10N4O2S2/c1-5(2)8-11-3-6(7(14-8)9(15)16)17-10-12-4-13-18-10/h3-5H,1-2H3,(H,15,16). The predicted octanol–water partition coefficient (Wildman–Crippen LogP) is 2.30. The van der Waals surface area contributed by atoms with Gasteiger partial charge in [-0.15, -0.1) is 0 Å². The maximum atomic E-state index is 11.2. The summed E-state index contributed by atoms with van der Waals surface area (Å²) < 4.78 is 4.53. The summed E-state index contributed by atoms with van der Waals surface area (Å²) in [6, 6.07) is 0. The molecule has 2 rings (SSSR count). The monoisotopic (exact) mass is 282 g/mol.